The van der Waals surface area contributed by atoms with Crippen LogP contribution in [0.25, 0.3) is 22.0 Å². The van der Waals surface area contributed by atoms with Crippen LogP contribution in [0.5, 0.6) is 0 Å². The van der Waals surface area contributed by atoms with E-state index in [9.17, 15) is 4.79 Å². The third-order valence-electron chi connectivity index (χ3n) is 7.20. The molecule has 172 valence electrons. The third-order valence-corrected chi connectivity index (χ3v) is 7.20. The minimum Gasteiger partial charge on any atom is -0.382 e. The second-order valence-corrected chi connectivity index (χ2v) is 9.31. The highest BCUT2D eigenvalue weighted by atomic mass is 16.5. The van der Waals surface area contributed by atoms with Gasteiger partial charge in [-0.1, -0.05) is 18.2 Å². The van der Waals surface area contributed by atoms with Crippen molar-refractivity contribution in [1.82, 2.24) is 9.88 Å². The van der Waals surface area contributed by atoms with E-state index in [1.54, 1.807) is 0 Å². The molecule has 3 aromatic rings. The zero-order valence-corrected chi connectivity index (χ0v) is 19.7. The van der Waals surface area contributed by atoms with Crippen molar-refractivity contribution in [3.05, 3.63) is 53.6 Å². The van der Waals surface area contributed by atoms with Crippen LogP contribution in [-0.4, -0.2) is 54.2 Å². The summed E-state index contributed by atoms with van der Waals surface area (Å²) in [5.41, 5.74) is 12.1. The Morgan fingerprint density at radius 3 is 2.67 bits per heavy atom. The number of nitrogen functional groups attached to an aromatic ring is 1. The lowest BCUT2D eigenvalue weighted by atomic mass is 9.93. The normalized spacial score (nSPS) is 21.1. The van der Waals surface area contributed by atoms with Crippen molar-refractivity contribution in [2.45, 2.75) is 45.8 Å². The van der Waals surface area contributed by atoms with E-state index in [0.29, 0.717) is 12.4 Å². The van der Waals surface area contributed by atoms with Gasteiger partial charge >= 0.3 is 0 Å². The van der Waals surface area contributed by atoms with E-state index >= 15 is 0 Å². The summed E-state index contributed by atoms with van der Waals surface area (Å²) in [6.07, 6.45) is 2.29. The fraction of sp³-hybridized carbons (Fsp3) is 0.407. The Balaban J connectivity index is 1.59. The largest absolute Gasteiger partial charge is 0.382 e. The number of nitrogens with zero attached hydrogens (tertiary/aromatic N) is 3. The number of rotatable bonds is 3. The summed E-state index contributed by atoms with van der Waals surface area (Å²) < 4.78 is 5.80. The molecule has 0 spiro atoms. The van der Waals surface area contributed by atoms with Gasteiger partial charge in [0.15, 0.2) is 0 Å². The molecule has 0 aliphatic carbocycles. The number of morpholine rings is 1. The average Bonchev–Trinajstić information content (AvgIpc) is 3.35. The molecule has 0 bridgehead atoms. The molecule has 1 aromatic heterocycles. The van der Waals surface area contributed by atoms with Crippen molar-refractivity contribution < 1.29 is 9.53 Å². The number of carbonyl (C=O) groups is 1. The van der Waals surface area contributed by atoms with Gasteiger partial charge < -0.3 is 20.3 Å². The number of benzene rings is 2. The molecular formula is C27H32N4O2. The van der Waals surface area contributed by atoms with Gasteiger partial charge in [0.1, 0.15) is 5.82 Å². The number of hydrogen-bond acceptors (Lipinski definition) is 5. The van der Waals surface area contributed by atoms with Crippen molar-refractivity contribution in [3.63, 3.8) is 0 Å². The minimum absolute atomic E-state index is 0.124. The molecule has 0 radical (unpaired) electrons. The van der Waals surface area contributed by atoms with E-state index in [1.165, 1.54) is 0 Å². The number of likely N-dealkylation sites (tertiary alicyclic amines) is 1. The predicted molar refractivity (Wildman–Crippen MR) is 134 cm³/mol. The maximum Gasteiger partial charge on any atom is 0.254 e. The first-order valence-corrected chi connectivity index (χ1v) is 11.9. The van der Waals surface area contributed by atoms with Gasteiger partial charge in [-0.05, 0) is 74.6 Å². The van der Waals surface area contributed by atoms with Crippen molar-refractivity contribution in [1.29, 1.82) is 0 Å². The number of pyridine rings is 1. The maximum atomic E-state index is 13.3. The highest BCUT2D eigenvalue weighted by molar-refractivity contribution is 6.03. The maximum absolute atomic E-state index is 13.3. The Labute approximate surface area is 195 Å². The Morgan fingerprint density at radius 2 is 1.88 bits per heavy atom. The molecule has 2 aliphatic rings. The van der Waals surface area contributed by atoms with Gasteiger partial charge in [-0.25, -0.2) is 4.98 Å². The second-order valence-electron chi connectivity index (χ2n) is 9.31. The Morgan fingerprint density at radius 1 is 1.09 bits per heavy atom. The number of nitrogens with two attached hydrogens (primary N) is 1. The van der Waals surface area contributed by atoms with Crippen molar-refractivity contribution in [2.24, 2.45) is 0 Å². The number of amides is 1. The van der Waals surface area contributed by atoms with E-state index < -0.39 is 0 Å². The van der Waals surface area contributed by atoms with Crippen LogP contribution in [0.3, 0.4) is 0 Å². The quantitative estimate of drug-likeness (QED) is 0.637. The van der Waals surface area contributed by atoms with Gasteiger partial charge in [-0.2, -0.15) is 0 Å². The number of hydrogen-bond donors (Lipinski definition) is 1. The standard InChI is InChI=1S/C27H32N4O2/c1-17-7-6-8-22(27(32)30-11-4-5-12-30)25(17)20-9-10-23-21(15-20)16-24(26(28)29-23)31-13-14-33-19(3)18(31)2/h6-10,15-16,18-19H,4-5,11-14H2,1-3H3,(H2,28,29). The summed E-state index contributed by atoms with van der Waals surface area (Å²) in [6.45, 7) is 9.47. The highest BCUT2D eigenvalue weighted by Gasteiger charge is 2.28. The van der Waals surface area contributed by atoms with Gasteiger partial charge in [-0.3, -0.25) is 4.79 Å². The molecule has 0 saturated carbocycles. The van der Waals surface area contributed by atoms with Crippen molar-refractivity contribution in [3.8, 4) is 11.1 Å². The third kappa shape index (κ3) is 3.93. The number of aryl methyl sites for hydroxylation is 1. The number of anilines is 2. The molecule has 6 heteroatoms. The summed E-state index contributed by atoms with van der Waals surface area (Å²) in [4.78, 5) is 22.3. The van der Waals surface area contributed by atoms with E-state index in [2.05, 4.69) is 49.9 Å². The lowest BCUT2D eigenvalue weighted by Crippen LogP contribution is -2.48. The first-order valence-electron chi connectivity index (χ1n) is 11.9. The number of carbonyl (C=O) groups excluding carboxylic acids is 1. The summed E-state index contributed by atoms with van der Waals surface area (Å²) >= 11 is 0. The topological polar surface area (TPSA) is 71.7 Å². The molecule has 6 nitrogen and oxygen atoms in total. The van der Waals surface area contributed by atoms with E-state index in [4.69, 9.17) is 15.5 Å². The molecule has 3 heterocycles. The predicted octanol–water partition coefficient (Wildman–Crippen LogP) is 4.64. The van der Waals surface area contributed by atoms with Crippen LogP contribution in [0, 0.1) is 6.92 Å². The van der Waals surface area contributed by atoms with Gasteiger partial charge in [0.25, 0.3) is 5.91 Å². The molecular weight excluding hydrogens is 412 g/mol. The molecule has 2 atom stereocenters. The molecule has 2 N–H and O–H groups in total. The van der Waals surface area contributed by atoms with Gasteiger partial charge in [-0.15, -0.1) is 0 Å². The molecule has 5 rings (SSSR count). The van der Waals surface area contributed by atoms with Crippen LogP contribution >= 0.6 is 0 Å². The van der Waals surface area contributed by atoms with Crippen LogP contribution in [0.1, 0.15) is 42.6 Å². The average molecular weight is 445 g/mol. The number of aromatic nitrogens is 1. The monoisotopic (exact) mass is 444 g/mol. The van der Waals surface area contributed by atoms with Crippen molar-refractivity contribution >= 4 is 28.3 Å². The fourth-order valence-corrected chi connectivity index (χ4v) is 5.16. The lowest BCUT2D eigenvalue weighted by molar-refractivity contribution is 0.0285. The van der Waals surface area contributed by atoms with E-state index in [-0.39, 0.29) is 18.1 Å². The number of ether oxygens (including phenoxy) is 1. The molecule has 2 unspecified atom stereocenters. The highest BCUT2D eigenvalue weighted by Crippen LogP contribution is 2.35. The van der Waals surface area contributed by atoms with Crippen LogP contribution in [0.2, 0.25) is 0 Å². The first-order chi connectivity index (χ1) is 15.9. The molecule has 2 aliphatic heterocycles. The van der Waals surface area contributed by atoms with Gasteiger partial charge in [0.2, 0.25) is 0 Å². The fourth-order valence-electron chi connectivity index (χ4n) is 5.16. The smallest absolute Gasteiger partial charge is 0.254 e. The molecule has 2 fully saturated rings. The molecule has 2 aromatic carbocycles. The number of fused-ring (bicyclic) bond motifs is 1. The molecule has 2 saturated heterocycles. The lowest BCUT2D eigenvalue weighted by Gasteiger charge is -2.39. The Hall–Kier alpha value is -3.12. The Bertz CT molecular complexity index is 1200. The minimum atomic E-state index is 0.124. The van der Waals surface area contributed by atoms with Crippen molar-refractivity contribution in [2.75, 3.05) is 36.9 Å². The second kappa shape index (κ2) is 8.67. The van der Waals surface area contributed by atoms with E-state index in [0.717, 1.165) is 71.3 Å². The van der Waals surface area contributed by atoms with Crippen LogP contribution in [0.4, 0.5) is 11.5 Å². The van der Waals surface area contributed by atoms with Crippen LogP contribution in [-0.2, 0) is 4.74 Å². The molecule has 1 amide bonds. The van der Waals surface area contributed by atoms with Gasteiger partial charge in [0, 0.05) is 30.6 Å². The summed E-state index contributed by atoms with van der Waals surface area (Å²) in [5, 5.41) is 1.02. The SMILES string of the molecule is Cc1cccc(C(=O)N2CCCC2)c1-c1ccc2nc(N)c(N3CCOC(C)C3C)cc2c1. The van der Waals surface area contributed by atoms with Crippen LogP contribution in [0.15, 0.2) is 42.5 Å². The Kier molecular flexibility index (Phi) is 5.71. The summed E-state index contributed by atoms with van der Waals surface area (Å²) in [5.74, 6) is 0.663. The van der Waals surface area contributed by atoms with Crippen LogP contribution < -0.4 is 10.6 Å². The summed E-state index contributed by atoms with van der Waals surface area (Å²) in [6, 6.07) is 14.6. The zero-order valence-electron chi connectivity index (χ0n) is 19.7. The molecule has 33 heavy (non-hydrogen) atoms. The first kappa shape index (κ1) is 21.7. The zero-order chi connectivity index (χ0) is 23.1. The van der Waals surface area contributed by atoms with E-state index in [1.807, 2.05) is 23.1 Å². The van der Waals surface area contributed by atoms with Gasteiger partial charge in [0.05, 0.1) is 30.0 Å². The summed E-state index contributed by atoms with van der Waals surface area (Å²) in [7, 11) is 0.